The molecule has 10 heteroatoms. The Morgan fingerprint density at radius 2 is 1.37 bits per heavy atom. The van der Waals surface area contributed by atoms with Gasteiger partial charge in [-0.15, -0.1) is 0 Å². The number of amides is 2. The predicted octanol–water partition coefficient (Wildman–Crippen LogP) is 2.83. The standard InChI is InChI=1S/C23H23N3O3.C2H2O4/c1-29-21-10-6-5-9-20(21)26-23(28)18-11-13-19(14-12-18)25-22(27)16-24-15-17-7-3-2-4-8-17;3-1(4)2(5)6/h2-14,24H,15-16H2,1H3,(H,25,27)(H,26,28);(H,3,4)(H,5,6). The fraction of sp³-hybridized carbons (Fsp3) is 0.120. The first-order valence-electron chi connectivity index (χ1n) is 10.3. The number of para-hydroxylation sites is 2. The quantitative estimate of drug-likeness (QED) is 0.309. The molecule has 0 aliphatic rings. The van der Waals surface area contributed by atoms with Gasteiger partial charge in [-0.25, -0.2) is 9.59 Å². The number of benzene rings is 3. The van der Waals surface area contributed by atoms with E-state index in [4.69, 9.17) is 24.5 Å². The Balaban J connectivity index is 0.000000641. The first-order chi connectivity index (χ1) is 16.8. The van der Waals surface area contributed by atoms with Crippen molar-refractivity contribution in [1.82, 2.24) is 5.32 Å². The summed E-state index contributed by atoms with van der Waals surface area (Å²) in [5, 5.41) is 23.5. The fourth-order valence-electron chi connectivity index (χ4n) is 2.77. The topological polar surface area (TPSA) is 154 Å². The van der Waals surface area contributed by atoms with E-state index in [9.17, 15) is 9.59 Å². The van der Waals surface area contributed by atoms with Gasteiger partial charge in [0.25, 0.3) is 5.91 Å². The highest BCUT2D eigenvalue weighted by Crippen LogP contribution is 2.23. The summed E-state index contributed by atoms with van der Waals surface area (Å²) < 4.78 is 5.24. The van der Waals surface area contributed by atoms with Gasteiger partial charge in [-0.2, -0.15) is 0 Å². The van der Waals surface area contributed by atoms with Crippen molar-refractivity contribution in [3.63, 3.8) is 0 Å². The van der Waals surface area contributed by atoms with Gasteiger partial charge in [0.05, 0.1) is 19.3 Å². The number of hydrogen-bond acceptors (Lipinski definition) is 6. The number of methoxy groups -OCH3 is 1. The minimum atomic E-state index is -1.82. The second-order valence-corrected chi connectivity index (χ2v) is 6.98. The van der Waals surface area contributed by atoms with Crippen molar-refractivity contribution in [3.05, 3.63) is 90.0 Å². The van der Waals surface area contributed by atoms with Crippen LogP contribution in [0.5, 0.6) is 5.75 Å². The summed E-state index contributed by atoms with van der Waals surface area (Å²) in [6.07, 6.45) is 0. The van der Waals surface area contributed by atoms with E-state index in [1.807, 2.05) is 42.5 Å². The van der Waals surface area contributed by atoms with Crippen LogP contribution < -0.4 is 20.7 Å². The van der Waals surface area contributed by atoms with Crippen LogP contribution in [0.15, 0.2) is 78.9 Å². The van der Waals surface area contributed by atoms with Gasteiger partial charge in [0.15, 0.2) is 0 Å². The van der Waals surface area contributed by atoms with Crippen LogP contribution in [-0.2, 0) is 20.9 Å². The number of aliphatic carboxylic acids is 2. The van der Waals surface area contributed by atoms with Crippen LogP contribution in [0.4, 0.5) is 11.4 Å². The summed E-state index contributed by atoms with van der Waals surface area (Å²) in [7, 11) is 1.55. The van der Waals surface area contributed by atoms with Crippen LogP contribution in [0.3, 0.4) is 0 Å². The summed E-state index contributed by atoms with van der Waals surface area (Å²) in [6, 6.07) is 23.8. The molecule has 0 bridgehead atoms. The Bertz CT molecular complexity index is 1140. The second kappa shape index (κ2) is 13.8. The van der Waals surface area contributed by atoms with Crippen LogP contribution in [-0.4, -0.2) is 47.6 Å². The highest BCUT2D eigenvalue weighted by molar-refractivity contribution is 6.27. The number of ether oxygens (including phenoxy) is 1. The third-order valence-corrected chi connectivity index (χ3v) is 4.43. The Labute approximate surface area is 201 Å². The SMILES string of the molecule is COc1ccccc1NC(=O)c1ccc(NC(=O)CNCc2ccccc2)cc1.O=C(O)C(=O)O. The molecule has 0 unspecified atom stereocenters. The maximum atomic E-state index is 12.4. The smallest absolute Gasteiger partial charge is 0.414 e. The lowest BCUT2D eigenvalue weighted by molar-refractivity contribution is -0.159. The van der Waals surface area contributed by atoms with Crippen molar-refractivity contribution in [2.45, 2.75) is 6.54 Å². The van der Waals surface area contributed by atoms with Crippen LogP contribution >= 0.6 is 0 Å². The summed E-state index contributed by atoms with van der Waals surface area (Å²) in [4.78, 5) is 42.7. The Kier molecular flexibility index (Phi) is 10.4. The molecule has 3 aromatic rings. The molecule has 10 nitrogen and oxygen atoms in total. The summed E-state index contributed by atoms with van der Waals surface area (Å²) in [5.74, 6) is -3.46. The minimum absolute atomic E-state index is 0.146. The molecular weight excluding hydrogens is 454 g/mol. The van der Waals surface area contributed by atoms with E-state index in [1.54, 1.807) is 43.5 Å². The molecule has 3 rings (SSSR count). The zero-order valence-electron chi connectivity index (χ0n) is 18.9. The summed E-state index contributed by atoms with van der Waals surface area (Å²) in [6.45, 7) is 0.821. The van der Waals surface area contributed by atoms with Gasteiger partial charge < -0.3 is 30.9 Å². The van der Waals surface area contributed by atoms with Crippen LogP contribution in [0.2, 0.25) is 0 Å². The number of carboxylic acid groups (broad SMARTS) is 2. The Morgan fingerprint density at radius 1 is 0.771 bits per heavy atom. The van der Waals surface area contributed by atoms with E-state index in [1.165, 1.54) is 0 Å². The van der Waals surface area contributed by atoms with Crippen molar-refractivity contribution in [2.75, 3.05) is 24.3 Å². The molecule has 182 valence electrons. The molecule has 0 heterocycles. The lowest BCUT2D eigenvalue weighted by Crippen LogP contribution is -2.27. The number of rotatable bonds is 8. The molecule has 0 aliphatic heterocycles. The third kappa shape index (κ3) is 9.36. The number of anilines is 2. The van der Waals surface area contributed by atoms with Crippen LogP contribution in [0.25, 0.3) is 0 Å². The normalized spacial score (nSPS) is 9.74. The fourth-order valence-corrected chi connectivity index (χ4v) is 2.77. The number of carboxylic acids is 2. The van der Waals surface area contributed by atoms with Gasteiger partial charge in [0.2, 0.25) is 5.91 Å². The van der Waals surface area contributed by atoms with Crippen LogP contribution in [0.1, 0.15) is 15.9 Å². The van der Waals surface area contributed by atoms with Gasteiger partial charge in [-0.1, -0.05) is 42.5 Å². The molecule has 5 N–H and O–H groups in total. The Hall–Kier alpha value is -4.70. The van der Waals surface area contributed by atoms with E-state index in [2.05, 4.69) is 16.0 Å². The average Bonchev–Trinajstić information content (AvgIpc) is 2.85. The summed E-state index contributed by atoms with van der Waals surface area (Å²) >= 11 is 0. The maximum Gasteiger partial charge on any atom is 0.414 e. The summed E-state index contributed by atoms with van der Waals surface area (Å²) in [5.41, 5.74) is 2.83. The Morgan fingerprint density at radius 3 is 1.97 bits per heavy atom. The van der Waals surface area contributed by atoms with Gasteiger partial charge in [0.1, 0.15) is 5.75 Å². The lowest BCUT2D eigenvalue weighted by atomic mass is 10.2. The van der Waals surface area contributed by atoms with Crippen LogP contribution in [0, 0.1) is 0 Å². The zero-order chi connectivity index (χ0) is 25.6. The van der Waals surface area contributed by atoms with Gasteiger partial charge >= 0.3 is 11.9 Å². The van der Waals surface area contributed by atoms with Crippen molar-refractivity contribution < 1.29 is 34.1 Å². The van der Waals surface area contributed by atoms with E-state index >= 15 is 0 Å². The van der Waals surface area contributed by atoms with Crippen molar-refractivity contribution in [2.24, 2.45) is 0 Å². The van der Waals surface area contributed by atoms with Crippen molar-refractivity contribution in [3.8, 4) is 5.75 Å². The molecule has 0 saturated heterocycles. The largest absolute Gasteiger partial charge is 0.495 e. The van der Waals surface area contributed by atoms with E-state index in [-0.39, 0.29) is 18.4 Å². The van der Waals surface area contributed by atoms with Gasteiger partial charge in [0, 0.05) is 17.8 Å². The minimum Gasteiger partial charge on any atom is -0.495 e. The first kappa shape index (κ1) is 26.6. The monoisotopic (exact) mass is 479 g/mol. The van der Waals surface area contributed by atoms with E-state index in [0.717, 1.165) is 5.56 Å². The average molecular weight is 479 g/mol. The van der Waals surface area contributed by atoms with E-state index in [0.29, 0.717) is 29.2 Å². The molecule has 35 heavy (non-hydrogen) atoms. The molecule has 0 fully saturated rings. The number of carbonyl (C=O) groups excluding carboxylic acids is 2. The number of carbonyl (C=O) groups is 4. The molecule has 0 aliphatic carbocycles. The molecule has 2 amide bonds. The molecular formula is C25H25N3O7. The maximum absolute atomic E-state index is 12.4. The molecule has 0 atom stereocenters. The number of nitrogens with one attached hydrogen (secondary N) is 3. The predicted molar refractivity (Wildman–Crippen MR) is 129 cm³/mol. The number of hydrogen-bond donors (Lipinski definition) is 5. The first-order valence-corrected chi connectivity index (χ1v) is 10.3. The van der Waals surface area contributed by atoms with E-state index < -0.39 is 11.9 Å². The molecule has 0 spiro atoms. The van der Waals surface area contributed by atoms with Gasteiger partial charge in [-0.3, -0.25) is 9.59 Å². The highest BCUT2D eigenvalue weighted by atomic mass is 16.5. The molecule has 0 radical (unpaired) electrons. The molecule has 0 aromatic heterocycles. The zero-order valence-corrected chi connectivity index (χ0v) is 18.9. The highest BCUT2D eigenvalue weighted by Gasteiger charge is 2.10. The van der Waals surface area contributed by atoms with Gasteiger partial charge in [-0.05, 0) is 42.0 Å². The van der Waals surface area contributed by atoms with Crippen molar-refractivity contribution >= 4 is 35.1 Å². The second-order valence-electron chi connectivity index (χ2n) is 6.98. The van der Waals surface area contributed by atoms with Crippen molar-refractivity contribution in [1.29, 1.82) is 0 Å². The lowest BCUT2D eigenvalue weighted by Gasteiger charge is -2.10. The molecule has 0 saturated carbocycles. The third-order valence-electron chi connectivity index (χ3n) is 4.43. The molecule has 3 aromatic carbocycles.